The third kappa shape index (κ3) is 4.68. The number of amides is 1. The zero-order chi connectivity index (χ0) is 16.7. The fraction of sp³-hybridized carbons (Fsp3) is 0.562. The van der Waals surface area contributed by atoms with Crippen molar-refractivity contribution in [2.75, 3.05) is 18.9 Å². The van der Waals surface area contributed by atoms with E-state index in [4.69, 9.17) is 5.11 Å². The van der Waals surface area contributed by atoms with Gasteiger partial charge in [0.1, 0.15) is 5.03 Å². The van der Waals surface area contributed by atoms with Gasteiger partial charge in [-0.3, -0.25) is 9.36 Å². The van der Waals surface area contributed by atoms with Crippen molar-refractivity contribution in [3.8, 4) is 0 Å². The van der Waals surface area contributed by atoms with Gasteiger partial charge in [0.25, 0.3) is 0 Å². The summed E-state index contributed by atoms with van der Waals surface area (Å²) in [5.41, 5.74) is 1.84. The van der Waals surface area contributed by atoms with Gasteiger partial charge in [-0.25, -0.2) is 4.79 Å². The quantitative estimate of drug-likeness (QED) is 0.418. The highest BCUT2D eigenvalue weighted by Crippen LogP contribution is 2.28. The van der Waals surface area contributed by atoms with Crippen LogP contribution in [0.4, 0.5) is 0 Å². The van der Waals surface area contributed by atoms with Crippen molar-refractivity contribution in [1.29, 1.82) is 0 Å². The Hall–Kier alpha value is -1.60. The van der Waals surface area contributed by atoms with Crippen molar-refractivity contribution in [1.82, 2.24) is 14.9 Å². The molecule has 1 heterocycles. The normalized spacial score (nSPS) is 13.4. The molecular weight excluding hydrogens is 314 g/mol. The van der Waals surface area contributed by atoms with Crippen LogP contribution in [0, 0.1) is 0 Å². The number of fused-ring (bicyclic) bond motifs is 1. The fourth-order valence-electron chi connectivity index (χ4n) is 2.70. The lowest BCUT2D eigenvalue weighted by molar-refractivity contribution is -0.118. The van der Waals surface area contributed by atoms with Crippen LogP contribution in [-0.4, -0.2) is 39.5 Å². The van der Waals surface area contributed by atoms with Gasteiger partial charge >= 0.3 is 5.69 Å². The summed E-state index contributed by atoms with van der Waals surface area (Å²) in [5.74, 6) is 0.151. The Kier molecular flexibility index (Phi) is 6.85. The number of nitrogens with one attached hydrogen (secondary N) is 1. The molecule has 1 aliphatic carbocycles. The van der Waals surface area contributed by atoms with Crippen molar-refractivity contribution in [2.24, 2.45) is 0 Å². The third-order valence-electron chi connectivity index (χ3n) is 3.77. The Morgan fingerprint density at radius 3 is 2.96 bits per heavy atom. The second-order valence-electron chi connectivity index (χ2n) is 5.44. The van der Waals surface area contributed by atoms with Crippen LogP contribution >= 0.6 is 11.8 Å². The van der Waals surface area contributed by atoms with Crippen molar-refractivity contribution in [2.45, 2.75) is 43.7 Å². The Morgan fingerprint density at radius 2 is 2.22 bits per heavy atom. The molecule has 0 bridgehead atoms. The molecule has 23 heavy (non-hydrogen) atoms. The topological polar surface area (TPSA) is 84.2 Å². The number of aromatic nitrogens is 2. The van der Waals surface area contributed by atoms with E-state index in [-0.39, 0.29) is 24.0 Å². The summed E-state index contributed by atoms with van der Waals surface area (Å²) in [6.07, 6.45) is 6.05. The minimum absolute atomic E-state index is 0.0567. The van der Waals surface area contributed by atoms with E-state index in [1.807, 2.05) is 0 Å². The van der Waals surface area contributed by atoms with Gasteiger partial charge in [0, 0.05) is 31.0 Å². The molecule has 0 spiro atoms. The number of carbonyl (C=O) groups is 1. The number of aliphatic hydroxyl groups excluding tert-OH is 1. The molecule has 1 aliphatic rings. The molecule has 1 amide bonds. The highest BCUT2D eigenvalue weighted by molar-refractivity contribution is 7.99. The van der Waals surface area contributed by atoms with Gasteiger partial charge in [0.15, 0.2) is 0 Å². The molecule has 0 unspecified atom stereocenters. The average molecular weight is 337 g/mol. The number of rotatable bonds is 8. The summed E-state index contributed by atoms with van der Waals surface area (Å²) >= 11 is 1.32. The summed E-state index contributed by atoms with van der Waals surface area (Å²) in [7, 11) is 0. The standard InChI is InChI=1S/C16H23N3O3S/c1-2-8-17-14(21)11-23-15-12-6-3-4-7-13(12)19(9-5-10-20)16(22)18-15/h2,20H,1,3-11H2,(H,17,21). The minimum Gasteiger partial charge on any atom is -0.396 e. The smallest absolute Gasteiger partial charge is 0.348 e. The highest BCUT2D eigenvalue weighted by Gasteiger charge is 2.20. The number of nitrogens with zero attached hydrogens (tertiary/aromatic N) is 2. The Bertz CT molecular complexity index is 628. The van der Waals surface area contributed by atoms with E-state index in [0.29, 0.717) is 24.5 Å². The molecule has 1 aromatic heterocycles. The third-order valence-corrected chi connectivity index (χ3v) is 4.79. The predicted molar refractivity (Wildman–Crippen MR) is 90.8 cm³/mol. The second-order valence-corrected chi connectivity index (χ2v) is 6.41. The molecule has 0 fully saturated rings. The molecule has 6 nitrogen and oxygen atoms in total. The van der Waals surface area contributed by atoms with E-state index in [1.165, 1.54) is 11.8 Å². The van der Waals surface area contributed by atoms with Gasteiger partial charge in [0.05, 0.1) is 5.75 Å². The maximum absolute atomic E-state index is 12.3. The number of hydrogen-bond donors (Lipinski definition) is 2. The molecule has 2 N–H and O–H groups in total. The van der Waals surface area contributed by atoms with Crippen molar-refractivity contribution >= 4 is 17.7 Å². The Morgan fingerprint density at radius 1 is 1.43 bits per heavy atom. The first kappa shape index (κ1) is 17.7. The van der Waals surface area contributed by atoms with Crippen LogP contribution in [-0.2, 0) is 24.2 Å². The zero-order valence-corrected chi connectivity index (χ0v) is 14.0. The number of carbonyl (C=O) groups excluding carboxylic acids is 1. The summed E-state index contributed by atoms with van der Waals surface area (Å²) in [6, 6.07) is 0. The van der Waals surface area contributed by atoms with Gasteiger partial charge in [0.2, 0.25) is 5.91 Å². The van der Waals surface area contributed by atoms with Crippen LogP contribution in [0.1, 0.15) is 30.5 Å². The molecule has 0 saturated heterocycles. The van der Waals surface area contributed by atoms with E-state index >= 15 is 0 Å². The summed E-state index contributed by atoms with van der Waals surface area (Å²) in [6.45, 7) is 4.55. The van der Waals surface area contributed by atoms with Crippen LogP contribution in [0.15, 0.2) is 22.5 Å². The summed E-state index contributed by atoms with van der Waals surface area (Å²) in [5, 5.41) is 12.4. The van der Waals surface area contributed by atoms with Crippen molar-refractivity contribution in [3.05, 3.63) is 34.4 Å². The first-order chi connectivity index (χ1) is 11.2. The largest absolute Gasteiger partial charge is 0.396 e. The van der Waals surface area contributed by atoms with Crippen LogP contribution in [0.2, 0.25) is 0 Å². The highest BCUT2D eigenvalue weighted by atomic mass is 32.2. The van der Waals surface area contributed by atoms with Crippen LogP contribution in [0.3, 0.4) is 0 Å². The summed E-state index contributed by atoms with van der Waals surface area (Å²) in [4.78, 5) is 28.2. The van der Waals surface area contributed by atoms with Crippen LogP contribution in [0.25, 0.3) is 0 Å². The average Bonchev–Trinajstić information content (AvgIpc) is 2.57. The molecule has 2 rings (SSSR count). The van der Waals surface area contributed by atoms with Gasteiger partial charge < -0.3 is 10.4 Å². The Labute approximate surface area is 140 Å². The summed E-state index contributed by atoms with van der Waals surface area (Å²) < 4.78 is 1.69. The first-order valence-electron chi connectivity index (χ1n) is 7.91. The van der Waals surface area contributed by atoms with E-state index in [9.17, 15) is 9.59 Å². The monoisotopic (exact) mass is 337 g/mol. The first-order valence-corrected chi connectivity index (χ1v) is 8.89. The number of thioether (sulfide) groups is 1. The van der Waals surface area contributed by atoms with Crippen molar-refractivity contribution < 1.29 is 9.90 Å². The van der Waals surface area contributed by atoms with Gasteiger partial charge in [-0.2, -0.15) is 4.98 Å². The molecule has 0 saturated carbocycles. The molecule has 0 aliphatic heterocycles. The minimum atomic E-state index is -0.284. The maximum atomic E-state index is 12.3. The van der Waals surface area contributed by atoms with Crippen molar-refractivity contribution in [3.63, 3.8) is 0 Å². The number of hydrogen-bond acceptors (Lipinski definition) is 5. The van der Waals surface area contributed by atoms with E-state index in [1.54, 1.807) is 10.6 Å². The molecule has 0 aromatic carbocycles. The lowest BCUT2D eigenvalue weighted by atomic mass is 9.97. The maximum Gasteiger partial charge on any atom is 0.348 e. The van der Waals surface area contributed by atoms with E-state index < -0.39 is 0 Å². The van der Waals surface area contributed by atoms with Crippen LogP contribution in [0.5, 0.6) is 0 Å². The molecule has 0 radical (unpaired) electrons. The van der Waals surface area contributed by atoms with Gasteiger partial charge in [-0.05, 0) is 32.1 Å². The van der Waals surface area contributed by atoms with Gasteiger partial charge in [-0.15, -0.1) is 6.58 Å². The fourth-order valence-corrected chi connectivity index (χ4v) is 3.60. The van der Waals surface area contributed by atoms with Crippen LogP contribution < -0.4 is 11.0 Å². The molecular formula is C16H23N3O3S. The Balaban J connectivity index is 2.20. The number of aliphatic hydroxyl groups is 1. The van der Waals surface area contributed by atoms with E-state index in [0.717, 1.165) is 36.9 Å². The second kappa shape index (κ2) is 8.88. The molecule has 1 aromatic rings. The SMILES string of the molecule is C=CCNC(=O)CSc1nc(=O)n(CCCO)c2c1CCCC2. The molecule has 0 atom stereocenters. The molecule has 126 valence electrons. The lowest BCUT2D eigenvalue weighted by Gasteiger charge is -2.22. The molecule has 7 heteroatoms. The van der Waals surface area contributed by atoms with Gasteiger partial charge in [-0.1, -0.05) is 17.8 Å². The lowest BCUT2D eigenvalue weighted by Crippen LogP contribution is -2.31. The zero-order valence-electron chi connectivity index (χ0n) is 13.2. The predicted octanol–water partition coefficient (Wildman–Crippen LogP) is 0.899. The van der Waals surface area contributed by atoms with E-state index in [2.05, 4.69) is 16.9 Å².